The molecule has 3 unspecified atom stereocenters. The molecule has 1 fully saturated rings. The van der Waals surface area contributed by atoms with Gasteiger partial charge in [0, 0.05) is 26.2 Å². The lowest BCUT2D eigenvalue weighted by molar-refractivity contribution is -0.137. The largest absolute Gasteiger partial charge is 0.493 e. The van der Waals surface area contributed by atoms with Crippen LogP contribution in [-0.4, -0.2) is 74.5 Å². The Morgan fingerprint density at radius 2 is 1.88 bits per heavy atom. The Bertz CT molecular complexity index is 827. The smallest absolute Gasteiger partial charge is 0.410 e. The number of fused-ring (bicyclic) bond motifs is 3. The van der Waals surface area contributed by atoms with Crippen molar-refractivity contribution in [2.24, 2.45) is 17.8 Å². The SMILES string of the molecule is COc1cc2c(cc1OC)C1CC(COC(=O)N(C)CC(=O)O)C(CC(C)C)CN1CC2. The van der Waals surface area contributed by atoms with Crippen LogP contribution < -0.4 is 9.47 Å². The van der Waals surface area contributed by atoms with Crippen LogP contribution in [0.1, 0.15) is 43.9 Å². The van der Waals surface area contributed by atoms with Crippen LogP contribution in [0.15, 0.2) is 12.1 Å². The second-order valence-electron chi connectivity index (χ2n) is 9.38. The van der Waals surface area contributed by atoms with E-state index in [1.54, 1.807) is 14.2 Å². The molecule has 8 nitrogen and oxygen atoms in total. The monoisotopic (exact) mass is 448 g/mol. The van der Waals surface area contributed by atoms with E-state index in [-0.39, 0.29) is 18.5 Å². The Kier molecular flexibility index (Phi) is 7.87. The fourth-order valence-electron chi connectivity index (χ4n) is 5.14. The van der Waals surface area contributed by atoms with Crippen molar-refractivity contribution in [1.82, 2.24) is 9.80 Å². The number of carbonyl (C=O) groups excluding carboxylic acids is 1. The van der Waals surface area contributed by atoms with E-state index in [0.29, 0.717) is 18.4 Å². The molecule has 2 aliphatic heterocycles. The van der Waals surface area contributed by atoms with E-state index >= 15 is 0 Å². The van der Waals surface area contributed by atoms with E-state index in [2.05, 4.69) is 30.9 Å². The van der Waals surface area contributed by atoms with E-state index in [0.717, 1.165) is 48.8 Å². The van der Waals surface area contributed by atoms with Crippen molar-refractivity contribution in [2.45, 2.75) is 39.2 Å². The lowest BCUT2D eigenvalue weighted by Crippen LogP contribution is -2.47. The fourth-order valence-corrected chi connectivity index (χ4v) is 5.14. The molecule has 0 saturated carbocycles. The standard InChI is InChI=1S/C24H36N2O6/c1-15(2)8-17-12-26-7-6-16-10-21(30-4)22(31-5)11-19(16)20(26)9-18(17)14-32-24(29)25(3)13-23(27)28/h10-11,15,17-18,20H,6-9,12-14H2,1-5H3,(H,27,28). The van der Waals surface area contributed by atoms with Crippen molar-refractivity contribution in [1.29, 1.82) is 0 Å². The van der Waals surface area contributed by atoms with E-state index in [9.17, 15) is 9.59 Å². The molecule has 8 heteroatoms. The van der Waals surface area contributed by atoms with Crippen molar-refractivity contribution in [3.05, 3.63) is 23.3 Å². The maximum Gasteiger partial charge on any atom is 0.410 e. The number of benzene rings is 1. The first-order chi connectivity index (χ1) is 15.2. The molecule has 3 rings (SSSR count). The lowest BCUT2D eigenvalue weighted by Gasteiger charge is -2.47. The van der Waals surface area contributed by atoms with Crippen LogP contribution in [-0.2, 0) is 16.0 Å². The molecule has 0 spiro atoms. The van der Waals surface area contributed by atoms with E-state index in [4.69, 9.17) is 19.3 Å². The van der Waals surface area contributed by atoms with E-state index in [1.807, 2.05) is 0 Å². The third-order valence-corrected chi connectivity index (χ3v) is 6.65. The summed E-state index contributed by atoms with van der Waals surface area (Å²) in [7, 11) is 4.75. The third-order valence-electron chi connectivity index (χ3n) is 6.65. The molecule has 1 N–H and O–H groups in total. The van der Waals surface area contributed by atoms with E-state index < -0.39 is 12.1 Å². The zero-order valence-corrected chi connectivity index (χ0v) is 19.8. The first-order valence-corrected chi connectivity index (χ1v) is 11.3. The van der Waals surface area contributed by atoms with Gasteiger partial charge in [-0.25, -0.2) is 4.79 Å². The Morgan fingerprint density at radius 1 is 1.19 bits per heavy atom. The van der Waals surface area contributed by atoms with E-state index in [1.165, 1.54) is 18.2 Å². The highest BCUT2D eigenvalue weighted by atomic mass is 16.6. The summed E-state index contributed by atoms with van der Waals surface area (Å²) >= 11 is 0. The number of carbonyl (C=O) groups is 2. The van der Waals surface area contributed by atoms with Gasteiger partial charge in [-0.3, -0.25) is 9.69 Å². The van der Waals surface area contributed by atoms with Gasteiger partial charge in [0.1, 0.15) is 6.54 Å². The summed E-state index contributed by atoms with van der Waals surface area (Å²) in [5, 5.41) is 8.92. The second kappa shape index (κ2) is 10.4. The summed E-state index contributed by atoms with van der Waals surface area (Å²) in [6.45, 7) is 6.33. The number of carboxylic acids is 1. The summed E-state index contributed by atoms with van der Waals surface area (Å²) in [5.74, 6) is 1.60. The number of rotatable bonds is 8. The van der Waals surface area contributed by atoms with Gasteiger partial charge in [-0.2, -0.15) is 0 Å². The Labute approximate surface area is 190 Å². The minimum atomic E-state index is -1.06. The summed E-state index contributed by atoms with van der Waals surface area (Å²) in [6, 6.07) is 4.42. The number of nitrogens with zero attached hydrogens (tertiary/aromatic N) is 2. The van der Waals surface area contributed by atoms with Gasteiger partial charge >= 0.3 is 12.1 Å². The Balaban J connectivity index is 1.79. The molecule has 0 bridgehead atoms. The quantitative estimate of drug-likeness (QED) is 0.652. The highest BCUT2D eigenvalue weighted by Crippen LogP contribution is 2.45. The van der Waals surface area contributed by atoms with Crippen LogP contribution in [0, 0.1) is 17.8 Å². The topological polar surface area (TPSA) is 88.5 Å². The number of methoxy groups -OCH3 is 2. The lowest BCUT2D eigenvalue weighted by atomic mass is 9.74. The van der Waals surface area contributed by atoms with Gasteiger partial charge in [0.05, 0.1) is 20.8 Å². The highest BCUT2D eigenvalue weighted by molar-refractivity contribution is 5.76. The molecule has 1 aromatic carbocycles. The number of carboxylic acid groups (broad SMARTS) is 1. The minimum absolute atomic E-state index is 0.208. The maximum absolute atomic E-state index is 12.3. The van der Waals surface area contributed by atoms with Crippen LogP contribution in [0.4, 0.5) is 4.79 Å². The van der Waals surface area contributed by atoms with Crippen molar-refractivity contribution >= 4 is 12.1 Å². The molecule has 0 radical (unpaired) electrons. The first kappa shape index (κ1) is 24.2. The number of aliphatic carboxylic acids is 1. The van der Waals surface area contributed by atoms with Gasteiger partial charge in [-0.1, -0.05) is 13.8 Å². The van der Waals surface area contributed by atoms with Crippen molar-refractivity contribution in [2.75, 3.05) is 47.5 Å². The number of amides is 1. The molecule has 0 aliphatic carbocycles. The van der Waals surface area contributed by atoms with Crippen LogP contribution in [0.5, 0.6) is 11.5 Å². The summed E-state index contributed by atoms with van der Waals surface area (Å²) < 4.78 is 16.6. The molecule has 2 aliphatic rings. The zero-order chi connectivity index (χ0) is 23.4. The zero-order valence-electron chi connectivity index (χ0n) is 19.8. The van der Waals surface area contributed by atoms with Gasteiger partial charge in [0.2, 0.25) is 0 Å². The summed E-state index contributed by atoms with van der Waals surface area (Å²) in [4.78, 5) is 26.8. The molecule has 1 amide bonds. The van der Waals surface area contributed by atoms with Crippen LogP contribution in [0.3, 0.4) is 0 Å². The summed E-state index contributed by atoms with van der Waals surface area (Å²) in [6.07, 6.45) is 2.33. The van der Waals surface area contributed by atoms with Crippen LogP contribution in [0.25, 0.3) is 0 Å². The molecular weight excluding hydrogens is 412 g/mol. The number of piperidine rings is 1. The molecule has 32 heavy (non-hydrogen) atoms. The van der Waals surface area contributed by atoms with Gasteiger partial charge in [0.15, 0.2) is 11.5 Å². The minimum Gasteiger partial charge on any atom is -0.493 e. The van der Waals surface area contributed by atoms with Crippen LogP contribution in [0.2, 0.25) is 0 Å². The number of ether oxygens (including phenoxy) is 3. The first-order valence-electron chi connectivity index (χ1n) is 11.3. The van der Waals surface area contributed by atoms with Gasteiger partial charge in [-0.15, -0.1) is 0 Å². The normalized spacial score (nSPS) is 22.6. The predicted molar refractivity (Wildman–Crippen MR) is 120 cm³/mol. The van der Waals surface area contributed by atoms with Crippen molar-refractivity contribution in [3.63, 3.8) is 0 Å². The fraction of sp³-hybridized carbons (Fsp3) is 0.667. The second-order valence-corrected chi connectivity index (χ2v) is 9.38. The van der Waals surface area contributed by atoms with Gasteiger partial charge in [0.25, 0.3) is 0 Å². The highest BCUT2D eigenvalue weighted by Gasteiger charge is 2.40. The van der Waals surface area contributed by atoms with Crippen LogP contribution >= 0.6 is 0 Å². The molecule has 2 heterocycles. The number of hydrogen-bond acceptors (Lipinski definition) is 6. The van der Waals surface area contributed by atoms with Crippen molar-refractivity contribution < 1.29 is 28.9 Å². The maximum atomic E-state index is 12.3. The predicted octanol–water partition coefficient (Wildman–Crippen LogP) is 3.44. The molecular formula is C24H36N2O6. The molecule has 1 saturated heterocycles. The summed E-state index contributed by atoms with van der Waals surface area (Å²) in [5.41, 5.74) is 2.54. The van der Waals surface area contributed by atoms with Crippen molar-refractivity contribution in [3.8, 4) is 11.5 Å². The molecule has 178 valence electrons. The average Bonchev–Trinajstić information content (AvgIpc) is 2.75. The average molecular weight is 449 g/mol. The third kappa shape index (κ3) is 5.46. The molecule has 3 atom stereocenters. The van der Waals surface area contributed by atoms with Gasteiger partial charge < -0.3 is 24.2 Å². The Hall–Kier alpha value is -2.48. The Morgan fingerprint density at radius 3 is 2.50 bits per heavy atom. The molecule has 1 aromatic rings. The number of likely N-dealkylation sites (N-methyl/N-ethyl adjacent to an activating group) is 1. The van der Waals surface area contributed by atoms with Gasteiger partial charge in [-0.05, 0) is 60.3 Å². The number of hydrogen-bond donors (Lipinski definition) is 1. The molecule has 0 aromatic heterocycles.